The number of hydrogen-bond acceptors (Lipinski definition) is 4. The van der Waals surface area contributed by atoms with Crippen LogP contribution in [0.2, 0.25) is 0 Å². The van der Waals surface area contributed by atoms with Crippen molar-refractivity contribution < 1.29 is 14.3 Å². The minimum Gasteiger partial charge on any atom is -0.469 e. The van der Waals surface area contributed by atoms with E-state index in [0.717, 1.165) is 0 Å². The number of carbonyl (C=O) groups excluding carboxylic acids is 2. The van der Waals surface area contributed by atoms with Crippen LogP contribution in [-0.2, 0) is 14.3 Å². The average Bonchev–Trinajstić information content (AvgIpc) is 1.88. The van der Waals surface area contributed by atoms with Crippen LogP contribution in [0.1, 0.15) is 20.8 Å². The van der Waals surface area contributed by atoms with Gasteiger partial charge in [0.25, 0.3) is 0 Å². The van der Waals surface area contributed by atoms with Crippen molar-refractivity contribution in [2.45, 2.75) is 20.8 Å². The van der Waals surface area contributed by atoms with Gasteiger partial charge in [-0.1, -0.05) is 0 Å². The van der Waals surface area contributed by atoms with Crippen molar-refractivity contribution in [3.63, 3.8) is 0 Å². The molecule has 0 fully saturated rings. The number of ether oxygens (including phenoxy) is 1. The van der Waals surface area contributed by atoms with Gasteiger partial charge in [0.1, 0.15) is 5.78 Å². The summed E-state index contributed by atoms with van der Waals surface area (Å²) in [6, 6.07) is 0. The number of thioether (sulfide) groups is 1. The molecule has 0 N–H and O–H groups in total. The van der Waals surface area contributed by atoms with Crippen molar-refractivity contribution in [3.05, 3.63) is 0 Å². The van der Waals surface area contributed by atoms with Crippen molar-refractivity contribution in [2.24, 2.45) is 0 Å². The smallest absolute Gasteiger partial charge is 0.302 e. The van der Waals surface area contributed by atoms with E-state index in [2.05, 4.69) is 4.74 Å². The van der Waals surface area contributed by atoms with Crippen molar-refractivity contribution in [3.8, 4) is 0 Å². The molecule has 0 aliphatic carbocycles. The third-order valence-corrected chi connectivity index (χ3v) is 0.287. The van der Waals surface area contributed by atoms with Crippen LogP contribution in [0.4, 0.5) is 0 Å². The van der Waals surface area contributed by atoms with Crippen LogP contribution in [0.15, 0.2) is 0 Å². The van der Waals surface area contributed by atoms with Crippen molar-refractivity contribution in [1.82, 2.24) is 0 Å². The van der Waals surface area contributed by atoms with Crippen LogP contribution in [0.5, 0.6) is 0 Å². The van der Waals surface area contributed by atoms with Crippen LogP contribution in [-0.4, -0.2) is 31.4 Å². The summed E-state index contributed by atoms with van der Waals surface area (Å²) >= 11 is 1.75. The summed E-state index contributed by atoms with van der Waals surface area (Å²) in [7, 11) is 1.35. The number of methoxy groups -OCH3 is 1. The molecule has 0 saturated heterocycles. The van der Waals surface area contributed by atoms with Crippen molar-refractivity contribution in [2.75, 3.05) is 19.6 Å². The van der Waals surface area contributed by atoms with E-state index in [-0.39, 0.29) is 11.8 Å². The molecule has 0 rings (SSSR count). The van der Waals surface area contributed by atoms with Gasteiger partial charge in [-0.05, 0) is 26.4 Å². The number of Topliss-reactive ketones (excluding diaryl/α,β-unsaturated/α-hetero) is 1. The molecule has 74 valence electrons. The zero-order valence-corrected chi connectivity index (χ0v) is 9.45. The molecule has 0 aliphatic rings. The Labute approximate surface area is 78.9 Å². The van der Waals surface area contributed by atoms with E-state index >= 15 is 0 Å². The fourth-order valence-corrected chi connectivity index (χ4v) is 0. The molecule has 0 aliphatic heterocycles. The molecule has 3 nitrogen and oxygen atoms in total. The number of esters is 1. The first-order valence-electron chi connectivity index (χ1n) is 3.34. The highest BCUT2D eigenvalue weighted by Gasteiger charge is 1.75. The van der Waals surface area contributed by atoms with Crippen molar-refractivity contribution in [1.29, 1.82) is 0 Å². The van der Waals surface area contributed by atoms with Gasteiger partial charge in [-0.25, -0.2) is 0 Å². The Morgan fingerprint density at radius 1 is 1.08 bits per heavy atom. The summed E-state index contributed by atoms with van der Waals surface area (Å²) in [5.74, 6) is -0.0787. The van der Waals surface area contributed by atoms with E-state index in [4.69, 9.17) is 0 Å². The highest BCUT2D eigenvalue weighted by atomic mass is 32.2. The van der Waals surface area contributed by atoms with Gasteiger partial charge in [0.15, 0.2) is 0 Å². The van der Waals surface area contributed by atoms with Gasteiger partial charge >= 0.3 is 5.97 Å². The number of ketones is 1. The second-order valence-electron chi connectivity index (χ2n) is 2.01. The quantitative estimate of drug-likeness (QED) is 0.551. The lowest BCUT2D eigenvalue weighted by Crippen LogP contribution is -1.88. The molecule has 0 bridgehead atoms. The lowest BCUT2D eigenvalue weighted by atomic mass is 10.6. The van der Waals surface area contributed by atoms with Gasteiger partial charge in [-0.3, -0.25) is 4.79 Å². The normalized spacial score (nSPS) is 6.50. The molecule has 0 aromatic carbocycles. The predicted molar refractivity (Wildman–Crippen MR) is 53.5 cm³/mol. The highest BCUT2D eigenvalue weighted by molar-refractivity contribution is 7.97. The zero-order valence-electron chi connectivity index (χ0n) is 8.63. The largest absolute Gasteiger partial charge is 0.469 e. The van der Waals surface area contributed by atoms with Crippen molar-refractivity contribution >= 4 is 23.5 Å². The maximum atomic E-state index is 9.59. The molecule has 0 heterocycles. The van der Waals surface area contributed by atoms with Crippen LogP contribution < -0.4 is 0 Å². The van der Waals surface area contributed by atoms with Crippen LogP contribution in [0.3, 0.4) is 0 Å². The zero-order chi connectivity index (χ0) is 10.6. The van der Waals surface area contributed by atoms with Crippen LogP contribution >= 0.6 is 11.8 Å². The first-order valence-corrected chi connectivity index (χ1v) is 4.97. The Balaban J connectivity index is -0.000000105. The van der Waals surface area contributed by atoms with Gasteiger partial charge in [0.05, 0.1) is 7.11 Å². The summed E-state index contributed by atoms with van der Waals surface area (Å²) in [6.45, 7) is 4.42. The Kier molecular flexibility index (Phi) is 24.6. The van der Waals surface area contributed by atoms with E-state index in [1.165, 1.54) is 27.9 Å². The molecule has 0 radical (unpaired) electrons. The Bertz CT molecular complexity index is 109. The Hall–Kier alpha value is -0.510. The van der Waals surface area contributed by atoms with E-state index in [1.54, 1.807) is 11.8 Å². The molecule has 0 aromatic heterocycles. The third kappa shape index (κ3) is 308. The summed E-state index contributed by atoms with van der Waals surface area (Å²) in [4.78, 5) is 19.0. The SMILES string of the molecule is CC(C)=O.COC(C)=O.CSC. The van der Waals surface area contributed by atoms with Gasteiger partial charge in [0.2, 0.25) is 0 Å². The van der Waals surface area contributed by atoms with Gasteiger partial charge in [-0.15, -0.1) is 0 Å². The fourth-order valence-electron chi connectivity index (χ4n) is 0. The predicted octanol–water partition coefficient (Wildman–Crippen LogP) is 1.75. The fraction of sp³-hybridized carbons (Fsp3) is 0.750. The van der Waals surface area contributed by atoms with Gasteiger partial charge in [-0.2, -0.15) is 11.8 Å². The van der Waals surface area contributed by atoms with E-state index in [1.807, 2.05) is 12.5 Å². The summed E-state index contributed by atoms with van der Waals surface area (Å²) < 4.78 is 4.11. The number of hydrogen-bond donors (Lipinski definition) is 0. The monoisotopic (exact) mass is 194 g/mol. The van der Waals surface area contributed by atoms with E-state index in [0.29, 0.717) is 0 Å². The first-order chi connectivity index (χ1) is 5.42. The minimum absolute atomic E-state index is 0.167. The topological polar surface area (TPSA) is 43.4 Å². The number of rotatable bonds is 0. The second-order valence-corrected chi connectivity index (χ2v) is 2.83. The van der Waals surface area contributed by atoms with Crippen LogP contribution in [0.25, 0.3) is 0 Å². The minimum atomic E-state index is -0.245. The van der Waals surface area contributed by atoms with E-state index in [9.17, 15) is 9.59 Å². The molecule has 0 amide bonds. The lowest BCUT2D eigenvalue weighted by molar-refractivity contribution is -0.137. The molecule has 0 atom stereocenters. The summed E-state index contributed by atoms with van der Waals surface area (Å²) in [5, 5.41) is 0. The first kappa shape index (κ1) is 17.5. The molecule has 12 heavy (non-hydrogen) atoms. The molecule has 0 saturated carbocycles. The molecular formula is C8H18O3S. The van der Waals surface area contributed by atoms with Gasteiger partial charge in [0, 0.05) is 6.92 Å². The van der Waals surface area contributed by atoms with E-state index < -0.39 is 0 Å². The van der Waals surface area contributed by atoms with Gasteiger partial charge < -0.3 is 9.53 Å². The Morgan fingerprint density at radius 3 is 1.17 bits per heavy atom. The summed E-state index contributed by atoms with van der Waals surface area (Å²) in [6.07, 6.45) is 4.08. The Morgan fingerprint density at radius 2 is 1.17 bits per heavy atom. The lowest BCUT2D eigenvalue weighted by Gasteiger charge is -1.80. The summed E-state index contributed by atoms with van der Waals surface area (Å²) in [5.41, 5.74) is 0. The molecular weight excluding hydrogens is 176 g/mol. The second kappa shape index (κ2) is 16.8. The maximum Gasteiger partial charge on any atom is 0.302 e. The average molecular weight is 194 g/mol. The third-order valence-electron chi connectivity index (χ3n) is 0.287. The molecule has 0 spiro atoms. The molecule has 0 aromatic rings. The standard InChI is InChI=1S/C3H6O2.C3H6O.C2H6S/c1-3(4)5-2;1-3(2)4;1-3-2/h1-2H3;1-2H3;1-2H3. The molecule has 4 heteroatoms. The molecule has 0 unspecified atom stereocenters. The number of carbonyl (C=O) groups is 2. The van der Waals surface area contributed by atoms with Crippen LogP contribution in [0, 0.1) is 0 Å². The maximum absolute atomic E-state index is 9.59. The highest BCUT2D eigenvalue weighted by Crippen LogP contribution is 1.70.